The summed E-state index contributed by atoms with van der Waals surface area (Å²) < 4.78 is 21.1. The van der Waals surface area contributed by atoms with Crippen LogP contribution in [0.2, 0.25) is 10.0 Å². The fraction of sp³-hybridized carbons (Fsp3) is 0.125. The molecule has 0 spiro atoms. The predicted octanol–water partition coefficient (Wildman–Crippen LogP) is 5.00. The zero-order chi connectivity index (χ0) is 24.7. The van der Waals surface area contributed by atoms with Crippen molar-refractivity contribution in [1.82, 2.24) is 5.43 Å². The third-order valence-electron chi connectivity index (χ3n) is 4.57. The number of nitrogens with zero attached hydrogens (tertiary/aromatic N) is 1. The molecule has 10 heteroatoms. The number of methoxy groups -OCH3 is 3. The highest BCUT2D eigenvalue weighted by molar-refractivity contribution is 6.42. The lowest BCUT2D eigenvalue weighted by molar-refractivity contribution is 0.0729. The summed E-state index contributed by atoms with van der Waals surface area (Å²) in [5, 5.41) is 4.53. The Hall–Kier alpha value is -3.75. The Balaban J connectivity index is 1.68. The van der Waals surface area contributed by atoms with E-state index in [9.17, 15) is 9.59 Å². The molecule has 3 rings (SSSR count). The molecule has 176 valence electrons. The van der Waals surface area contributed by atoms with Crippen LogP contribution in [-0.2, 0) is 0 Å². The van der Waals surface area contributed by atoms with Gasteiger partial charge < -0.3 is 18.9 Å². The van der Waals surface area contributed by atoms with Crippen molar-refractivity contribution in [2.75, 3.05) is 21.3 Å². The second-order valence-electron chi connectivity index (χ2n) is 6.70. The monoisotopic (exact) mass is 502 g/mol. The van der Waals surface area contributed by atoms with E-state index in [1.165, 1.54) is 45.7 Å². The van der Waals surface area contributed by atoms with Gasteiger partial charge in [0.2, 0.25) is 0 Å². The van der Waals surface area contributed by atoms with Crippen LogP contribution in [-0.4, -0.2) is 39.4 Å². The molecule has 0 saturated heterocycles. The number of ether oxygens (including phenoxy) is 4. The zero-order valence-corrected chi connectivity index (χ0v) is 19.9. The smallest absolute Gasteiger partial charge is 0.343 e. The molecule has 0 aliphatic heterocycles. The van der Waals surface area contributed by atoms with Gasteiger partial charge in [0.05, 0.1) is 43.2 Å². The molecule has 0 unspecified atom stereocenters. The molecule has 0 heterocycles. The first-order valence-corrected chi connectivity index (χ1v) is 10.5. The van der Waals surface area contributed by atoms with Crippen LogP contribution in [0.3, 0.4) is 0 Å². The van der Waals surface area contributed by atoms with Crippen molar-refractivity contribution in [1.29, 1.82) is 0 Å². The number of carbonyl (C=O) groups excluding carboxylic acids is 2. The maximum Gasteiger partial charge on any atom is 0.343 e. The number of amides is 1. The molecule has 1 amide bonds. The van der Waals surface area contributed by atoms with Gasteiger partial charge in [-0.25, -0.2) is 10.2 Å². The van der Waals surface area contributed by atoms with E-state index in [1.54, 1.807) is 36.4 Å². The number of hydrogen-bond donors (Lipinski definition) is 1. The van der Waals surface area contributed by atoms with Gasteiger partial charge in [0.1, 0.15) is 0 Å². The first kappa shape index (κ1) is 24.9. The molecule has 8 nitrogen and oxygen atoms in total. The Morgan fingerprint density at radius 2 is 1.41 bits per heavy atom. The van der Waals surface area contributed by atoms with E-state index in [-0.39, 0.29) is 16.3 Å². The topological polar surface area (TPSA) is 95.5 Å². The van der Waals surface area contributed by atoms with Gasteiger partial charge in [-0.05, 0) is 60.2 Å². The van der Waals surface area contributed by atoms with Crippen molar-refractivity contribution in [3.8, 4) is 23.0 Å². The molecule has 0 atom stereocenters. The van der Waals surface area contributed by atoms with Crippen LogP contribution in [0.1, 0.15) is 26.3 Å². The fourth-order valence-electron chi connectivity index (χ4n) is 2.84. The molecule has 3 aromatic rings. The van der Waals surface area contributed by atoms with Crippen LogP contribution in [0.4, 0.5) is 0 Å². The van der Waals surface area contributed by atoms with E-state index in [0.29, 0.717) is 33.4 Å². The number of rotatable bonds is 8. The number of hydrogen-bond acceptors (Lipinski definition) is 7. The number of halogens is 2. The van der Waals surface area contributed by atoms with Gasteiger partial charge in [-0.3, -0.25) is 4.79 Å². The van der Waals surface area contributed by atoms with Crippen LogP contribution < -0.4 is 24.4 Å². The average Bonchev–Trinajstić information content (AvgIpc) is 2.85. The van der Waals surface area contributed by atoms with Crippen molar-refractivity contribution >= 4 is 41.3 Å². The van der Waals surface area contributed by atoms with Crippen molar-refractivity contribution in [2.24, 2.45) is 5.10 Å². The van der Waals surface area contributed by atoms with E-state index < -0.39 is 11.9 Å². The molecule has 0 radical (unpaired) electrons. The average molecular weight is 503 g/mol. The van der Waals surface area contributed by atoms with Gasteiger partial charge >= 0.3 is 5.97 Å². The van der Waals surface area contributed by atoms with Gasteiger partial charge in [-0.15, -0.1) is 0 Å². The van der Waals surface area contributed by atoms with Gasteiger partial charge in [-0.2, -0.15) is 5.10 Å². The molecule has 0 aliphatic rings. The van der Waals surface area contributed by atoms with Crippen LogP contribution in [0.5, 0.6) is 23.0 Å². The fourth-order valence-corrected chi connectivity index (χ4v) is 3.14. The van der Waals surface area contributed by atoms with E-state index in [2.05, 4.69) is 10.5 Å². The van der Waals surface area contributed by atoms with Gasteiger partial charge in [0, 0.05) is 5.56 Å². The second kappa shape index (κ2) is 11.4. The minimum atomic E-state index is -0.625. The highest BCUT2D eigenvalue weighted by Gasteiger charge is 2.14. The molecule has 0 saturated carbocycles. The summed E-state index contributed by atoms with van der Waals surface area (Å²) in [7, 11) is 4.43. The largest absolute Gasteiger partial charge is 0.493 e. The summed E-state index contributed by atoms with van der Waals surface area (Å²) in [6.07, 6.45) is 1.42. The highest BCUT2D eigenvalue weighted by Crippen LogP contribution is 2.30. The Labute approximate surface area is 206 Å². The van der Waals surface area contributed by atoms with Crippen molar-refractivity contribution < 1.29 is 28.5 Å². The maximum atomic E-state index is 12.4. The van der Waals surface area contributed by atoms with Gasteiger partial charge in [-0.1, -0.05) is 23.2 Å². The summed E-state index contributed by atoms with van der Waals surface area (Å²) in [6.45, 7) is 0. The summed E-state index contributed by atoms with van der Waals surface area (Å²) in [5.41, 5.74) is 3.61. The minimum absolute atomic E-state index is 0.199. The normalized spacial score (nSPS) is 10.6. The van der Waals surface area contributed by atoms with Crippen LogP contribution in [0.15, 0.2) is 59.7 Å². The third-order valence-corrected chi connectivity index (χ3v) is 5.31. The zero-order valence-electron chi connectivity index (χ0n) is 18.4. The minimum Gasteiger partial charge on any atom is -0.493 e. The summed E-state index contributed by atoms with van der Waals surface area (Å²) in [5.74, 6) is 0.370. The first-order valence-electron chi connectivity index (χ1n) is 9.77. The van der Waals surface area contributed by atoms with Gasteiger partial charge in [0.25, 0.3) is 5.91 Å². The molecule has 1 N–H and O–H groups in total. The molecule has 0 aromatic heterocycles. The number of carbonyl (C=O) groups is 2. The summed E-state index contributed by atoms with van der Waals surface area (Å²) in [6, 6.07) is 14.0. The van der Waals surface area contributed by atoms with E-state index in [1.807, 2.05) is 0 Å². The Morgan fingerprint density at radius 3 is 2.09 bits per heavy atom. The lowest BCUT2D eigenvalue weighted by atomic mass is 10.2. The lowest BCUT2D eigenvalue weighted by Gasteiger charge is -2.10. The Kier molecular flexibility index (Phi) is 8.34. The molecule has 0 bridgehead atoms. The molecule has 0 fully saturated rings. The van der Waals surface area contributed by atoms with Crippen LogP contribution in [0, 0.1) is 0 Å². The van der Waals surface area contributed by atoms with Crippen molar-refractivity contribution in [3.63, 3.8) is 0 Å². The SMILES string of the molecule is COc1ccc(C(=O)N/N=C\c2ccc(OC(=O)c3ccc(Cl)c(Cl)c3)c(OC)c2)cc1OC. The number of benzene rings is 3. The summed E-state index contributed by atoms with van der Waals surface area (Å²) >= 11 is 11.8. The van der Waals surface area contributed by atoms with Crippen molar-refractivity contribution in [2.45, 2.75) is 0 Å². The van der Waals surface area contributed by atoms with E-state index >= 15 is 0 Å². The molecular formula is C24H20Cl2N2O6. The third kappa shape index (κ3) is 5.98. The second-order valence-corrected chi connectivity index (χ2v) is 7.51. The standard InChI is InChI=1S/C24H20Cl2N2O6/c1-31-19-9-6-15(12-22(19)33-3)23(29)28-27-13-14-4-8-20(21(10-14)32-2)34-24(30)16-5-7-17(25)18(26)11-16/h4-13H,1-3H3,(H,28,29)/b27-13-. The maximum absolute atomic E-state index is 12.4. The molecular weight excluding hydrogens is 483 g/mol. The predicted molar refractivity (Wildman–Crippen MR) is 129 cm³/mol. The molecule has 34 heavy (non-hydrogen) atoms. The Bertz CT molecular complexity index is 1250. The molecule has 0 aliphatic carbocycles. The Morgan fingerprint density at radius 1 is 0.765 bits per heavy atom. The number of esters is 1. The molecule has 3 aromatic carbocycles. The first-order chi connectivity index (χ1) is 16.4. The van der Waals surface area contributed by atoms with Crippen LogP contribution in [0.25, 0.3) is 0 Å². The highest BCUT2D eigenvalue weighted by atomic mass is 35.5. The number of nitrogens with one attached hydrogen (secondary N) is 1. The van der Waals surface area contributed by atoms with Crippen LogP contribution >= 0.6 is 23.2 Å². The van der Waals surface area contributed by atoms with Gasteiger partial charge in [0.15, 0.2) is 23.0 Å². The van der Waals surface area contributed by atoms with E-state index in [0.717, 1.165) is 0 Å². The van der Waals surface area contributed by atoms with E-state index in [4.69, 9.17) is 42.1 Å². The number of hydrazone groups is 1. The summed E-state index contributed by atoms with van der Waals surface area (Å²) in [4.78, 5) is 24.8. The van der Waals surface area contributed by atoms with Crippen molar-refractivity contribution in [3.05, 3.63) is 81.3 Å². The lowest BCUT2D eigenvalue weighted by Crippen LogP contribution is -2.17. The quantitative estimate of drug-likeness (QED) is 0.201.